The van der Waals surface area contributed by atoms with Crippen LogP contribution in [-0.4, -0.2) is 33.0 Å². The molecule has 4 unspecified atom stereocenters. The van der Waals surface area contributed by atoms with Crippen molar-refractivity contribution in [2.24, 2.45) is 17.3 Å². The molecule has 1 aliphatic carbocycles. The smallest absolute Gasteiger partial charge is 0.152 e. The number of Topliss-reactive ketones (excluding diaryl/α,β-unsaturated/α-hetero) is 1. The van der Waals surface area contributed by atoms with Crippen LogP contribution in [0.1, 0.15) is 57.7 Å². The molecule has 0 aromatic heterocycles. The third-order valence-electron chi connectivity index (χ3n) is 6.97. The van der Waals surface area contributed by atoms with E-state index in [1.54, 1.807) is 6.92 Å². The van der Waals surface area contributed by atoms with Gasteiger partial charge in [0, 0.05) is 28.9 Å². The van der Waals surface area contributed by atoms with Crippen molar-refractivity contribution in [2.75, 3.05) is 0 Å². The lowest BCUT2D eigenvalue weighted by Crippen LogP contribution is -2.47. The molecule has 0 saturated heterocycles. The molecule has 174 valence electrons. The zero-order valence-corrected chi connectivity index (χ0v) is 20.3. The highest BCUT2D eigenvalue weighted by atomic mass is 35.5. The minimum Gasteiger partial charge on any atom is -0.507 e. The van der Waals surface area contributed by atoms with Gasteiger partial charge in [0.25, 0.3) is 0 Å². The molecule has 4 atom stereocenters. The Hall–Kier alpha value is -2.37. The fourth-order valence-electron chi connectivity index (χ4n) is 4.13. The quantitative estimate of drug-likeness (QED) is 0.394. The second-order valence-electron chi connectivity index (χ2n) is 9.07. The standard InChI is InChI=1S/C26H33ClO5/c1-14(11-12-26(6)17(4)21(29)13-22(30)18(26)5)7-9-20-24(31)19(10-8-15(2)28)16(3)23(27)25(20)32/h7-8,10-12,17-18,21,29,31-32H,9,13H2,1-6H3/b10-8+,12-11+,14-7+. The van der Waals surface area contributed by atoms with Gasteiger partial charge in [-0.3, -0.25) is 9.59 Å². The molecule has 32 heavy (non-hydrogen) atoms. The summed E-state index contributed by atoms with van der Waals surface area (Å²) in [6, 6.07) is 0. The van der Waals surface area contributed by atoms with Gasteiger partial charge in [0.05, 0.1) is 11.1 Å². The van der Waals surface area contributed by atoms with E-state index in [0.717, 1.165) is 5.57 Å². The number of hydrogen-bond donors (Lipinski definition) is 3. The largest absolute Gasteiger partial charge is 0.507 e. The molecular weight excluding hydrogens is 428 g/mol. The SMILES string of the molecule is CC(=O)/C=C/c1c(C)c(Cl)c(O)c(C/C=C(C)/C=C/C2(C)C(C)C(=O)CC(O)C2C)c1O. The highest BCUT2D eigenvalue weighted by molar-refractivity contribution is 6.33. The molecule has 0 heterocycles. The first-order valence-electron chi connectivity index (χ1n) is 10.8. The fraction of sp³-hybridized carbons (Fsp3) is 0.462. The summed E-state index contributed by atoms with van der Waals surface area (Å²) in [5.74, 6) is -0.697. The Labute approximate surface area is 195 Å². The molecule has 0 spiro atoms. The Balaban J connectivity index is 2.35. The maximum absolute atomic E-state index is 12.3. The summed E-state index contributed by atoms with van der Waals surface area (Å²) in [7, 11) is 0. The Morgan fingerprint density at radius 3 is 2.41 bits per heavy atom. The second kappa shape index (κ2) is 10.1. The monoisotopic (exact) mass is 460 g/mol. The molecule has 1 aromatic rings. The zero-order valence-electron chi connectivity index (χ0n) is 19.6. The van der Waals surface area contributed by atoms with Crippen molar-refractivity contribution < 1.29 is 24.9 Å². The van der Waals surface area contributed by atoms with Crippen LogP contribution in [0, 0.1) is 24.2 Å². The Kier molecular flexibility index (Phi) is 8.13. The minimum atomic E-state index is -0.664. The van der Waals surface area contributed by atoms with Gasteiger partial charge in [-0.05, 0) is 50.8 Å². The maximum atomic E-state index is 12.3. The van der Waals surface area contributed by atoms with Crippen LogP contribution < -0.4 is 0 Å². The summed E-state index contributed by atoms with van der Waals surface area (Å²) in [5, 5.41) is 31.6. The topological polar surface area (TPSA) is 94.8 Å². The van der Waals surface area contributed by atoms with Gasteiger partial charge < -0.3 is 15.3 Å². The van der Waals surface area contributed by atoms with Crippen molar-refractivity contribution in [1.82, 2.24) is 0 Å². The number of allylic oxidation sites excluding steroid dienone is 5. The van der Waals surface area contributed by atoms with Crippen molar-refractivity contribution in [3.63, 3.8) is 0 Å². The van der Waals surface area contributed by atoms with E-state index in [1.165, 1.54) is 19.1 Å². The van der Waals surface area contributed by atoms with E-state index < -0.39 is 11.5 Å². The predicted octanol–water partition coefficient (Wildman–Crippen LogP) is 5.32. The van der Waals surface area contributed by atoms with Gasteiger partial charge in [-0.15, -0.1) is 0 Å². The van der Waals surface area contributed by atoms with Crippen LogP contribution in [0.15, 0.2) is 29.9 Å². The second-order valence-corrected chi connectivity index (χ2v) is 9.45. The molecule has 1 aliphatic rings. The number of aliphatic hydroxyl groups excluding tert-OH is 1. The van der Waals surface area contributed by atoms with E-state index in [0.29, 0.717) is 11.1 Å². The number of phenolic OH excluding ortho intramolecular Hbond substituents is 2. The van der Waals surface area contributed by atoms with E-state index in [-0.39, 0.29) is 58.3 Å². The van der Waals surface area contributed by atoms with Crippen molar-refractivity contribution >= 4 is 29.2 Å². The van der Waals surface area contributed by atoms with E-state index >= 15 is 0 Å². The third-order valence-corrected chi connectivity index (χ3v) is 7.43. The van der Waals surface area contributed by atoms with Crippen LogP contribution in [0.5, 0.6) is 11.5 Å². The minimum absolute atomic E-state index is 0.0552. The first kappa shape index (κ1) is 25.9. The molecule has 5 nitrogen and oxygen atoms in total. The fourth-order valence-corrected chi connectivity index (χ4v) is 4.35. The van der Waals surface area contributed by atoms with Crippen molar-refractivity contribution in [3.8, 4) is 11.5 Å². The molecule has 1 fully saturated rings. The van der Waals surface area contributed by atoms with E-state index in [2.05, 4.69) is 0 Å². The highest BCUT2D eigenvalue weighted by Crippen LogP contribution is 2.45. The lowest BCUT2D eigenvalue weighted by atomic mass is 9.60. The van der Waals surface area contributed by atoms with Gasteiger partial charge in [-0.2, -0.15) is 0 Å². The number of phenols is 2. The van der Waals surface area contributed by atoms with Crippen LogP contribution >= 0.6 is 11.6 Å². The Morgan fingerprint density at radius 2 is 1.81 bits per heavy atom. The summed E-state index contributed by atoms with van der Waals surface area (Å²) in [6.07, 6.45) is 8.29. The van der Waals surface area contributed by atoms with Crippen LogP contribution in [0.4, 0.5) is 0 Å². The first-order chi connectivity index (χ1) is 14.8. The Morgan fingerprint density at radius 1 is 1.19 bits per heavy atom. The molecule has 0 amide bonds. The highest BCUT2D eigenvalue weighted by Gasteiger charge is 2.46. The number of carbonyl (C=O) groups excluding carboxylic acids is 2. The molecule has 2 rings (SSSR count). The van der Waals surface area contributed by atoms with Gasteiger partial charge in [0.2, 0.25) is 0 Å². The molecule has 0 radical (unpaired) electrons. The molecule has 0 aliphatic heterocycles. The molecule has 6 heteroatoms. The molecule has 1 aromatic carbocycles. The number of halogens is 1. The number of benzene rings is 1. The maximum Gasteiger partial charge on any atom is 0.152 e. The van der Waals surface area contributed by atoms with Crippen LogP contribution in [-0.2, 0) is 16.0 Å². The summed E-state index contributed by atoms with van der Waals surface area (Å²) in [4.78, 5) is 23.6. The first-order valence-corrected chi connectivity index (χ1v) is 11.2. The number of hydrogen-bond acceptors (Lipinski definition) is 5. The number of aliphatic hydroxyl groups is 1. The van der Waals surface area contributed by atoms with Gasteiger partial charge in [0.1, 0.15) is 17.3 Å². The number of ketones is 2. The average molecular weight is 461 g/mol. The van der Waals surface area contributed by atoms with Crippen molar-refractivity contribution in [2.45, 2.75) is 60.5 Å². The van der Waals surface area contributed by atoms with Crippen molar-refractivity contribution in [3.05, 3.63) is 51.6 Å². The van der Waals surface area contributed by atoms with E-state index in [9.17, 15) is 24.9 Å². The van der Waals surface area contributed by atoms with Gasteiger partial charge in [-0.25, -0.2) is 0 Å². The Bertz CT molecular complexity index is 1000. The normalized spacial score (nSPS) is 26.9. The summed E-state index contributed by atoms with van der Waals surface area (Å²) >= 11 is 6.26. The van der Waals surface area contributed by atoms with Gasteiger partial charge in [0.15, 0.2) is 5.78 Å². The van der Waals surface area contributed by atoms with Gasteiger partial charge in [-0.1, -0.05) is 56.2 Å². The summed E-state index contributed by atoms with van der Waals surface area (Å²) < 4.78 is 0. The van der Waals surface area contributed by atoms with Crippen LogP contribution in [0.3, 0.4) is 0 Å². The number of carbonyl (C=O) groups is 2. The summed E-state index contributed by atoms with van der Waals surface area (Å²) in [5.41, 5.74) is 1.54. The van der Waals surface area contributed by atoms with Gasteiger partial charge >= 0.3 is 0 Å². The number of rotatable bonds is 6. The molecular formula is C26H33ClO5. The summed E-state index contributed by atoms with van der Waals surface area (Å²) in [6.45, 7) is 10.8. The molecule has 3 N–H and O–H groups in total. The lowest BCUT2D eigenvalue weighted by Gasteiger charge is -2.44. The van der Waals surface area contributed by atoms with E-state index in [4.69, 9.17) is 11.6 Å². The van der Waals surface area contributed by atoms with Crippen LogP contribution in [0.25, 0.3) is 6.08 Å². The number of aromatic hydroxyl groups is 2. The average Bonchev–Trinajstić information content (AvgIpc) is 2.73. The third kappa shape index (κ3) is 5.16. The molecule has 1 saturated carbocycles. The lowest BCUT2D eigenvalue weighted by molar-refractivity contribution is -0.136. The zero-order chi connectivity index (χ0) is 24.4. The van der Waals surface area contributed by atoms with Crippen molar-refractivity contribution in [1.29, 1.82) is 0 Å². The van der Waals surface area contributed by atoms with E-state index in [1.807, 2.05) is 45.9 Å². The molecule has 0 bridgehead atoms. The predicted molar refractivity (Wildman–Crippen MR) is 128 cm³/mol. The van der Waals surface area contributed by atoms with Crippen LogP contribution in [0.2, 0.25) is 5.02 Å².